The Bertz CT molecular complexity index is 512. The Labute approximate surface area is 128 Å². The average Bonchev–Trinajstić information content (AvgIpc) is 2.75. The monoisotopic (exact) mass is 315 g/mol. The van der Waals surface area contributed by atoms with Gasteiger partial charge < -0.3 is 9.84 Å². The van der Waals surface area contributed by atoms with Crippen molar-refractivity contribution in [1.29, 1.82) is 0 Å². The predicted molar refractivity (Wildman–Crippen MR) is 85.0 cm³/mol. The summed E-state index contributed by atoms with van der Waals surface area (Å²) in [5.74, 6) is 1.49. The Morgan fingerprint density at radius 2 is 1.90 bits per heavy atom. The van der Waals surface area contributed by atoms with Crippen LogP contribution < -0.4 is 10.6 Å². The fraction of sp³-hybridized carbons (Fsp3) is 0.714. The van der Waals surface area contributed by atoms with Crippen LogP contribution in [0.15, 0.2) is 10.6 Å². The van der Waals surface area contributed by atoms with Crippen LogP contribution in [-0.4, -0.2) is 32.4 Å². The molecule has 0 aliphatic carbocycles. The van der Waals surface area contributed by atoms with Crippen LogP contribution in [0.4, 0.5) is 10.6 Å². The Hall–Kier alpha value is -1.37. The fourth-order valence-corrected chi connectivity index (χ4v) is 2.31. The van der Waals surface area contributed by atoms with E-state index in [0.717, 1.165) is 0 Å². The topological polar surface area (TPSA) is 84.2 Å². The van der Waals surface area contributed by atoms with E-state index in [-0.39, 0.29) is 16.2 Å². The summed E-state index contributed by atoms with van der Waals surface area (Å²) in [6.45, 7) is 12.1. The lowest BCUT2D eigenvalue weighted by Crippen LogP contribution is -2.35. The lowest BCUT2D eigenvalue weighted by atomic mass is 9.93. The molecule has 1 atom stereocenters. The van der Waals surface area contributed by atoms with E-state index < -0.39 is 10.8 Å². The second kappa shape index (κ2) is 6.60. The summed E-state index contributed by atoms with van der Waals surface area (Å²) in [4.78, 5) is 11.7. The van der Waals surface area contributed by atoms with Gasteiger partial charge in [0.15, 0.2) is 5.82 Å². The van der Waals surface area contributed by atoms with Crippen LogP contribution in [0.5, 0.6) is 0 Å². The van der Waals surface area contributed by atoms with Gasteiger partial charge in [0.1, 0.15) is 5.76 Å². The van der Waals surface area contributed by atoms with Crippen LogP contribution in [0.2, 0.25) is 0 Å². The molecule has 7 heteroatoms. The second-order valence-electron chi connectivity index (χ2n) is 6.87. The molecule has 0 aromatic carbocycles. The molecular formula is C14H25N3O3S. The molecule has 0 saturated heterocycles. The Balaban J connectivity index is 2.41. The second-order valence-corrected chi connectivity index (χ2v) is 9.19. The zero-order valence-corrected chi connectivity index (χ0v) is 14.4. The third-order valence-electron chi connectivity index (χ3n) is 2.75. The van der Waals surface area contributed by atoms with Crippen molar-refractivity contribution in [2.24, 2.45) is 0 Å². The van der Waals surface area contributed by atoms with Gasteiger partial charge in [-0.3, -0.25) is 9.53 Å². The molecular weight excluding hydrogens is 290 g/mol. The van der Waals surface area contributed by atoms with Crippen LogP contribution in [0, 0.1) is 0 Å². The molecule has 0 aliphatic rings. The maximum atomic E-state index is 11.8. The molecule has 0 saturated carbocycles. The average molecular weight is 315 g/mol. The summed E-state index contributed by atoms with van der Waals surface area (Å²) in [7, 11) is -0.985. The lowest BCUT2D eigenvalue weighted by Gasteiger charge is -2.17. The molecule has 21 heavy (non-hydrogen) atoms. The molecule has 2 N–H and O–H groups in total. The predicted octanol–water partition coefficient (Wildman–Crippen LogP) is 2.64. The number of carbonyl (C=O) groups excluding carboxylic acids is 1. The van der Waals surface area contributed by atoms with Crippen molar-refractivity contribution < 1.29 is 13.5 Å². The molecule has 1 aromatic rings. The highest BCUT2D eigenvalue weighted by Gasteiger charge is 2.21. The molecule has 1 aromatic heterocycles. The maximum absolute atomic E-state index is 11.8. The number of amides is 2. The number of carbonyl (C=O) groups is 1. The summed E-state index contributed by atoms with van der Waals surface area (Å²) in [6, 6.07) is 1.32. The van der Waals surface area contributed by atoms with Crippen molar-refractivity contribution >= 4 is 22.6 Å². The first-order valence-electron chi connectivity index (χ1n) is 6.90. The number of hydrogen-bond donors (Lipinski definition) is 2. The molecule has 0 fully saturated rings. The Morgan fingerprint density at radius 3 is 2.38 bits per heavy atom. The highest BCUT2D eigenvalue weighted by atomic mass is 32.2. The first kappa shape index (κ1) is 17.7. The largest absolute Gasteiger partial charge is 0.359 e. The highest BCUT2D eigenvalue weighted by molar-refractivity contribution is 7.86. The SMILES string of the molecule is CC(C)(C)c1cc(NC(=O)NCC[S@](=O)C(C)(C)C)no1. The molecule has 0 spiro atoms. The van der Waals surface area contributed by atoms with Gasteiger partial charge >= 0.3 is 6.03 Å². The van der Waals surface area contributed by atoms with Gasteiger partial charge in [0.25, 0.3) is 0 Å². The van der Waals surface area contributed by atoms with Gasteiger partial charge in [-0.05, 0) is 20.8 Å². The van der Waals surface area contributed by atoms with Gasteiger partial charge in [-0.2, -0.15) is 0 Å². The van der Waals surface area contributed by atoms with E-state index in [1.807, 2.05) is 41.5 Å². The molecule has 2 amide bonds. The van der Waals surface area contributed by atoms with Gasteiger partial charge in [0.2, 0.25) is 0 Å². The number of rotatable bonds is 4. The van der Waals surface area contributed by atoms with E-state index in [4.69, 9.17) is 4.52 Å². The van der Waals surface area contributed by atoms with Crippen LogP contribution in [-0.2, 0) is 16.2 Å². The first-order valence-corrected chi connectivity index (χ1v) is 8.22. The number of nitrogens with zero attached hydrogens (tertiary/aromatic N) is 1. The van der Waals surface area contributed by atoms with Crippen molar-refractivity contribution in [1.82, 2.24) is 10.5 Å². The minimum Gasteiger partial charge on any atom is -0.359 e. The standard InChI is InChI=1S/C14H25N3O3S/c1-13(2,3)10-9-11(17-20-10)16-12(18)15-7-8-21(19)14(4,5)6/h9H,7-8H2,1-6H3,(H2,15,16,17,18)/t21-/m0/s1. The summed E-state index contributed by atoms with van der Waals surface area (Å²) in [5, 5.41) is 9.05. The van der Waals surface area contributed by atoms with Crippen molar-refractivity contribution in [3.63, 3.8) is 0 Å². The first-order chi connectivity index (χ1) is 9.50. The van der Waals surface area contributed by atoms with Crippen LogP contribution in [0.25, 0.3) is 0 Å². The van der Waals surface area contributed by atoms with Crippen LogP contribution in [0.3, 0.4) is 0 Å². The van der Waals surface area contributed by atoms with E-state index in [1.54, 1.807) is 6.07 Å². The van der Waals surface area contributed by atoms with E-state index in [1.165, 1.54) is 0 Å². The van der Waals surface area contributed by atoms with Crippen molar-refractivity contribution in [2.45, 2.75) is 51.7 Å². The minimum absolute atomic E-state index is 0.160. The van der Waals surface area contributed by atoms with Crippen molar-refractivity contribution in [3.8, 4) is 0 Å². The third kappa shape index (κ3) is 5.87. The van der Waals surface area contributed by atoms with Gasteiger partial charge in [0, 0.05) is 39.3 Å². The Kier molecular flexibility index (Phi) is 5.55. The fourth-order valence-electron chi connectivity index (χ4n) is 1.41. The smallest absolute Gasteiger partial charge is 0.320 e. The van der Waals surface area contributed by atoms with Crippen LogP contribution in [0.1, 0.15) is 47.3 Å². The number of aromatic nitrogens is 1. The summed E-state index contributed by atoms with van der Waals surface area (Å²) >= 11 is 0. The molecule has 0 radical (unpaired) electrons. The molecule has 120 valence electrons. The number of hydrogen-bond acceptors (Lipinski definition) is 4. The summed E-state index contributed by atoms with van der Waals surface area (Å²) < 4.78 is 16.7. The van der Waals surface area contributed by atoms with Crippen molar-refractivity contribution in [2.75, 3.05) is 17.6 Å². The highest BCUT2D eigenvalue weighted by Crippen LogP contribution is 2.24. The maximum Gasteiger partial charge on any atom is 0.320 e. The normalized spacial score (nSPS) is 13.8. The molecule has 1 rings (SSSR count). The van der Waals surface area contributed by atoms with E-state index >= 15 is 0 Å². The molecule has 6 nitrogen and oxygen atoms in total. The van der Waals surface area contributed by atoms with Gasteiger partial charge in [-0.25, -0.2) is 4.79 Å². The number of nitrogens with one attached hydrogen (secondary N) is 2. The van der Waals surface area contributed by atoms with E-state index in [0.29, 0.717) is 23.9 Å². The zero-order chi connectivity index (χ0) is 16.3. The quantitative estimate of drug-likeness (QED) is 0.894. The van der Waals surface area contributed by atoms with E-state index in [9.17, 15) is 9.00 Å². The summed E-state index contributed by atoms with van der Waals surface area (Å²) in [5.41, 5.74) is -0.160. The minimum atomic E-state index is -0.985. The number of anilines is 1. The van der Waals surface area contributed by atoms with Gasteiger partial charge in [-0.15, -0.1) is 0 Å². The lowest BCUT2D eigenvalue weighted by molar-refractivity contribution is 0.252. The molecule has 1 heterocycles. The van der Waals surface area contributed by atoms with Gasteiger partial charge in [0.05, 0.1) is 0 Å². The third-order valence-corrected chi connectivity index (χ3v) is 4.69. The zero-order valence-electron chi connectivity index (χ0n) is 13.6. The van der Waals surface area contributed by atoms with Crippen LogP contribution >= 0.6 is 0 Å². The number of urea groups is 1. The molecule has 0 bridgehead atoms. The van der Waals surface area contributed by atoms with E-state index in [2.05, 4.69) is 15.8 Å². The molecule has 0 unspecified atom stereocenters. The van der Waals surface area contributed by atoms with Gasteiger partial charge in [-0.1, -0.05) is 25.9 Å². The summed E-state index contributed by atoms with van der Waals surface area (Å²) in [6.07, 6.45) is 0. The Morgan fingerprint density at radius 1 is 1.29 bits per heavy atom. The molecule has 0 aliphatic heterocycles. The van der Waals surface area contributed by atoms with Crippen molar-refractivity contribution in [3.05, 3.63) is 11.8 Å².